The normalized spacial score (nSPS) is 11.6. The van der Waals surface area contributed by atoms with Crippen LogP contribution in [-0.4, -0.2) is 26.1 Å². The zero-order valence-corrected chi connectivity index (χ0v) is 15.2. The van der Waals surface area contributed by atoms with E-state index in [1.807, 2.05) is 25.1 Å². The van der Waals surface area contributed by atoms with Gasteiger partial charge in [-0.3, -0.25) is 9.78 Å². The molecule has 3 rings (SSSR count). The number of phenols is 2. The molecule has 0 aliphatic heterocycles. The number of carbonyl (C=O) groups excluding carboxylic acids is 1. The van der Waals surface area contributed by atoms with Crippen molar-refractivity contribution in [2.24, 2.45) is 5.92 Å². The van der Waals surface area contributed by atoms with Gasteiger partial charge in [0.1, 0.15) is 11.6 Å². The Morgan fingerprint density at radius 2 is 2.07 bits per heavy atom. The number of pyridine rings is 1. The van der Waals surface area contributed by atoms with Gasteiger partial charge in [-0.05, 0) is 48.7 Å². The fourth-order valence-corrected chi connectivity index (χ4v) is 3.15. The molecule has 7 nitrogen and oxygen atoms in total. The van der Waals surface area contributed by atoms with Crippen LogP contribution in [0.25, 0.3) is 11.4 Å². The van der Waals surface area contributed by atoms with Crippen LogP contribution < -0.4 is 5.32 Å². The Balaban J connectivity index is 1.70. The lowest BCUT2D eigenvalue weighted by Gasteiger charge is -2.09. The minimum Gasteiger partial charge on any atom is -0.504 e. The van der Waals surface area contributed by atoms with Crippen LogP contribution >= 0.6 is 11.3 Å². The number of carbonyl (C=O) groups is 1. The number of aromatic hydroxyl groups is 2. The van der Waals surface area contributed by atoms with Crippen molar-refractivity contribution in [1.82, 2.24) is 9.97 Å². The highest BCUT2D eigenvalue weighted by Crippen LogP contribution is 2.27. The molecule has 136 valence electrons. The first-order chi connectivity index (χ1) is 13.0. The van der Waals surface area contributed by atoms with Gasteiger partial charge in [0.15, 0.2) is 16.6 Å². The number of nitrogens with zero attached hydrogens (tertiary/aromatic N) is 3. The molecule has 1 aromatic carbocycles. The van der Waals surface area contributed by atoms with E-state index in [0.29, 0.717) is 22.1 Å². The van der Waals surface area contributed by atoms with Crippen LogP contribution in [0.4, 0.5) is 5.13 Å². The smallest absolute Gasteiger partial charge is 0.243 e. The molecule has 8 heteroatoms. The molecular formula is C19H16N4O3S. The zero-order valence-electron chi connectivity index (χ0n) is 14.4. The third-order valence-corrected chi connectivity index (χ3v) is 4.62. The van der Waals surface area contributed by atoms with Crippen molar-refractivity contribution in [1.29, 1.82) is 5.26 Å². The monoisotopic (exact) mass is 380 g/mol. The van der Waals surface area contributed by atoms with E-state index < -0.39 is 11.8 Å². The average Bonchev–Trinajstić information content (AvgIpc) is 3.11. The van der Waals surface area contributed by atoms with Gasteiger partial charge >= 0.3 is 0 Å². The highest BCUT2D eigenvalue weighted by Gasteiger charge is 2.20. The van der Waals surface area contributed by atoms with Gasteiger partial charge in [-0.25, -0.2) is 4.98 Å². The summed E-state index contributed by atoms with van der Waals surface area (Å²) in [6.07, 6.45) is 1.80. The Morgan fingerprint density at radius 3 is 2.78 bits per heavy atom. The Morgan fingerprint density at radius 1 is 1.26 bits per heavy atom. The lowest BCUT2D eigenvalue weighted by atomic mass is 9.99. The predicted octanol–water partition coefficient (Wildman–Crippen LogP) is 3.25. The first-order valence-electron chi connectivity index (χ1n) is 8.06. The molecule has 2 heterocycles. The van der Waals surface area contributed by atoms with Gasteiger partial charge in [0.2, 0.25) is 5.91 Å². The lowest BCUT2D eigenvalue weighted by Crippen LogP contribution is -2.23. The van der Waals surface area contributed by atoms with Crippen molar-refractivity contribution in [3.8, 4) is 29.0 Å². The average molecular weight is 380 g/mol. The Hall–Kier alpha value is -3.44. The zero-order chi connectivity index (χ0) is 19.4. The molecular weight excluding hydrogens is 364 g/mol. The molecule has 0 saturated heterocycles. The molecule has 2 aromatic heterocycles. The van der Waals surface area contributed by atoms with Gasteiger partial charge in [0.25, 0.3) is 0 Å². The maximum Gasteiger partial charge on any atom is 0.243 e. The van der Waals surface area contributed by atoms with E-state index in [0.717, 1.165) is 5.56 Å². The summed E-state index contributed by atoms with van der Waals surface area (Å²) in [5, 5.41) is 33.0. The number of anilines is 1. The molecule has 0 spiro atoms. The topological polar surface area (TPSA) is 119 Å². The summed E-state index contributed by atoms with van der Waals surface area (Å²) >= 11 is 1.25. The third-order valence-electron chi connectivity index (χ3n) is 3.86. The number of nitrogens with one attached hydrogen (secondary N) is 1. The molecule has 0 bridgehead atoms. The number of hydrogen-bond acceptors (Lipinski definition) is 7. The van der Waals surface area contributed by atoms with Gasteiger partial charge in [-0.2, -0.15) is 5.26 Å². The number of aromatic nitrogens is 2. The van der Waals surface area contributed by atoms with Crippen molar-refractivity contribution >= 4 is 22.4 Å². The summed E-state index contributed by atoms with van der Waals surface area (Å²) in [5.74, 6) is -1.99. The molecule has 3 aromatic rings. The number of rotatable bonds is 5. The van der Waals surface area contributed by atoms with E-state index >= 15 is 0 Å². The Labute approximate surface area is 159 Å². The standard InChI is InChI=1S/C19H16N4O3S/c1-11-4-5-21-14(6-11)15-10-27-19(22-15)23-18(26)13(9-20)7-12-2-3-16(24)17(25)8-12/h2-6,8,10,13,24-25H,7H2,1H3,(H,22,23,26). The predicted molar refractivity (Wildman–Crippen MR) is 101 cm³/mol. The van der Waals surface area contributed by atoms with Gasteiger partial charge in [-0.15, -0.1) is 11.3 Å². The summed E-state index contributed by atoms with van der Waals surface area (Å²) in [6.45, 7) is 1.96. The van der Waals surface area contributed by atoms with E-state index in [4.69, 9.17) is 0 Å². The molecule has 3 N–H and O–H groups in total. The Kier molecular flexibility index (Phi) is 5.33. The summed E-state index contributed by atoms with van der Waals surface area (Å²) in [5.41, 5.74) is 2.98. The SMILES string of the molecule is Cc1ccnc(-c2csc(NC(=O)C(C#N)Cc3ccc(O)c(O)c3)n2)c1. The largest absolute Gasteiger partial charge is 0.504 e. The van der Waals surface area contributed by atoms with Crippen LogP contribution in [0.1, 0.15) is 11.1 Å². The molecule has 27 heavy (non-hydrogen) atoms. The van der Waals surface area contributed by atoms with Crippen LogP contribution in [0.5, 0.6) is 11.5 Å². The first kappa shape index (κ1) is 18.4. The number of phenolic OH excluding ortho intramolecular Hbond substituents is 2. The van der Waals surface area contributed by atoms with Gasteiger partial charge in [0, 0.05) is 11.6 Å². The van der Waals surface area contributed by atoms with Gasteiger partial charge in [-0.1, -0.05) is 6.07 Å². The van der Waals surface area contributed by atoms with Crippen molar-refractivity contribution in [2.75, 3.05) is 5.32 Å². The molecule has 1 unspecified atom stereocenters. The minimum atomic E-state index is -0.960. The molecule has 1 amide bonds. The molecule has 0 aliphatic carbocycles. The maximum atomic E-state index is 12.4. The second-order valence-electron chi connectivity index (χ2n) is 5.95. The van der Waals surface area contributed by atoms with Crippen molar-refractivity contribution < 1.29 is 15.0 Å². The number of nitriles is 1. The second-order valence-corrected chi connectivity index (χ2v) is 6.81. The number of aryl methyl sites for hydroxylation is 1. The summed E-state index contributed by atoms with van der Waals surface area (Å²) in [7, 11) is 0. The van der Waals surface area contributed by atoms with E-state index in [9.17, 15) is 20.3 Å². The molecule has 0 radical (unpaired) electrons. The number of hydrogen-bond donors (Lipinski definition) is 3. The highest BCUT2D eigenvalue weighted by atomic mass is 32.1. The maximum absolute atomic E-state index is 12.4. The van der Waals surface area contributed by atoms with E-state index in [1.165, 1.54) is 23.5 Å². The van der Waals surface area contributed by atoms with Crippen LogP contribution in [0.3, 0.4) is 0 Å². The lowest BCUT2D eigenvalue weighted by molar-refractivity contribution is -0.118. The highest BCUT2D eigenvalue weighted by molar-refractivity contribution is 7.14. The molecule has 0 saturated carbocycles. The first-order valence-corrected chi connectivity index (χ1v) is 8.94. The fourth-order valence-electron chi connectivity index (χ4n) is 2.45. The van der Waals surface area contributed by atoms with Crippen LogP contribution in [0, 0.1) is 24.2 Å². The molecule has 0 aliphatic rings. The van der Waals surface area contributed by atoms with Gasteiger partial charge in [0.05, 0.1) is 11.8 Å². The Bertz CT molecular complexity index is 1030. The van der Waals surface area contributed by atoms with Gasteiger partial charge < -0.3 is 15.5 Å². The minimum absolute atomic E-state index is 0.105. The van der Waals surface area contributed by atoms with Crippen molar-refractivity contribution in [3.05, 3.63) is 53.0 Å². The summed E-state index contributed by atoms with van der Waals surface area (Å²) in [6, 6.07) is 9.95. The fraction of sp³-hybridized carbons (Fsp3) is 0.158. The number of benzene rings is 1. The van der Waals surface area contributed by atoms with E-state index in [-0.39, 0.29) is 17.9 Å². The summed E-state index contributed by atoms with van der Waals surface area (Å²) < 4.78 is 0. The van der Waals surface area contributed by atoms with E-state index in [2.05, 4.69) is 15.3 Å². The third kappa shape index (κ3) is 4.40. The summed E-state index contributed by atoms with van der Waals surface area (Å²) in [4.78, 5) is 21.0. The van der Waals surface area contributed by atoms with E-state index in [1.54, 1.807) is 17.6 Å². The second kappa shape index (κ2) is 7.85. The van der Waals surface area contributed by atoms with Crippen molar-refractivity contribution in [2.45, 2.75) is 13.3 Å². The van der Waals surface area contributed by atoms with Crippen LogP contribution in [-0.2, 0) is 11.2 Å². The van der Waals surface area contributed by atoms with Crippen LogP contribution in [0.15, 0.2) is 41.9 Å². The van der Waals surface area contributed by atoms with Crippen LogP contribution in [0.2, 0.25) is 0 Å². The van der Waals surface area contributed by atoms with Crippen molar-refractivity contribution in [3.63, 3.8) is 0 Å². The quantitative estimate of drug-likeness (QED) is 0.585. The number of thiazole rings is 1. The molecule has 1 atom stereocenters. The number of amides is 1. The molecule has 0 fully saturated rings.